The van der Waals surface area contributed by atoms with Crippen molar-refractivity contribution >= 4 is 17.4 Å². The number of amides is 1. The highest BCUT2D eigenvalue weighted by Gasteiger charge is 2.16. The van der Waals surface area contributed by atoms with Crippen LogP contribution in [0.1, 0.15) is 15.9 Å². The molecule has 1 aliphatic rings. The standard InChI is InChI=1S/C12H9NO3/c1-7-10(6-11(14)13-7)8-2-4-9(5-3-8)12(15)16/h2-6H,1H2,(H,13,14)(H,15,16). The van der Waals surface area contributed by atoms with Gasteiger partial charge in [0.2, 0.25) is 5.91 Å². The quantitative estimate of drug-likeness (QED) is 0.783. The molecule has 4 nitrogen and oxygen atoms in total. The Morgan fingerprint density at radius 1 is 1.25 bits per heavy atom. The van der Waals surface area contributed by atoms with Gasteiger partial charge in [0.1, 0.15) is 0 Å². The number of benzene rings is 1. The Bertz CT molecular complexity index is 512. The molecule has 0 aromatic heterocycles. The summed E-state index contributed by atoms with van der Waals surface area (Å²) >= 11 is 0. The number of carbonyl (C=O) groups excluding carboxylic acids is 1. The average molecular weight is 215 g/mol. The Morgan fingerprint density at radius 2 is 1.88 bits per heavy atom. The number of allylic oxidation sites excluding steroid dienone is 1. The number of carbonyl (C=O) groups is 2. The van der Waals surface area contributed by atoms with E-state index < -0.39 is 5.97 Å². The molecule has 1 amide bonds. The molecule has 2 N–H and O–H groups in total. The number of carboxylic acid groups (broad SMARTS) is 1. The number of rotatable bonds is 2. The highest BCUT2D eigenvalue weighted by molar-refractivity contribution is 6.06. The minimum absolute atomic E-state index is 0.206. The Hall–Kier alpha value is -2.36. The fourth-order valence-electron chi connectivity index (χ4n) is 1.52. The highest BCUT2D eigenvalue weighted by atomic mass is 16.4. The molecule has 0 saturated carbocycles. The first kappa shape index (κ1) is 10.2. The maximum absolute atomic E-state index is 11.1. The summed E-state index contributed by atoms with van der Waals surface area (Å²) in [6.45, 7) is 3.70. The van der Waals surface area contributed by atoms with Gasteiger partial charge in [-0.1, -0.05) is 18.7 Å². The molecule has 0 aliphatic carbocycles. The van der Waals surface area contributed by atoms with Crippen molar-refractivity contribution in [3.63, 3.8) is 0 Å². The normalized spacial score (nSPS) is 14.6. The smallest absolute Gasteiger partial charge is 0.335 e. The van der Waals surface area contributed by atoms with Gasteiger partial charge < -0.3 is 10.4 Å². The SMILES string of the molecule is C=C1NC(=O)C=C1c1ccc(C(=O)O)cc1. The van der Waals surface area contributed by atoms with E-state index >= 15 is 0 Å². The molecule has 0 saturated heterocycles. The van der Waals surface area contributed by atoms with Crippen LogP contribution in [0.5, 0.6) is 0 Å². The summed E-state index contributed by atoms with van der Waals surface area (Å²) in [5.74, 6) is -1.18. The van der Waals surface area contributed by atoms with Crippen LogP contribution in [-0.4, -0.2) is 17.0 Å². The summed E-state index contributed by atoms with van der Waals surface area (Å²) in [4.78, 5) is 21.7. The van der Waals surface area contributed by atoms with Crippen molar-refractivity contribution in [2.75, 3.05) is 0 Å². The van der Waals surface area contributed by atoms with Crippen LogP contribution in [0.25, 0.3) is 5.57 Å². The molecule has 1 heterocycles. The van der Waals surface area contributed by atoms with E-state index in [9.17, 15) is 9.59 Å². The van der Waals surface area contributed by atoms with Crippen molar-refractivity contribution in [2.24, 2.45) is 0 Å². The molecule has 1 aromatic carbocycles. The van der Waals surface area contributed by atoms with Crippen LogP contribution in [0.15, 0.2) is 42.6 Å². The lowest BCUT2D eigenvalue weighted by Gasteiger charge is -2.04. The summed E-state index contributed by atoms with van der Waals surface area (Å²) in [5, 5.41) is 11.3. The number of aromatic carboxylic acids is 1. The molecule has 4 heteroatoms. The summed E-state index contributed by atoms with van der Waals surface area (Å²) in [5.41, 5.74) is 2.22. The first-order valence-electron chi connectivity index (χ1n) is 4.63. The summed E-state index contributed by atoms with van der Waals surface area (Å²) in [6.07, 6.45) is 1.44. The summed E-state index contributed by atoms with van der Waals surface area (Å²) in [6, 6.07) is 6.30. The van der Waals surface area contributed by atoms with E-state index in [1.54, 1.807) is 12.1 Å². The van der Waals surface area contributed by atoms with Crippen molar-refractivity contribution < 1.29 is 14.7 Å². The monoisotopic (exact) mass is 215 g/mol. The van der Waals surface area contributed by atoms with E-state index in [0.717, 1.165) is 5.56 Å². The Kier molecular flexibility index (Phi) is 2.32. The number of carboxylic acids is 1. The number of hydrogen-bond acceptors (Lipinski definition) is 2. The average Bonchev–Trinajstić information content (AvgIpc) is 2.58. The Balaban J connectivity index is 2.36. The fraction of sp³-hybridized carbons (Fsp3) is 0. The Labute approximate surface area is 91.9 Å². The van der Waals surface area contributed by atoms with Crippen LogP contribution < -0.4 is 5.32 Å². The van der Waals surface area contributed by atoms with E-state index in [-0.39, 0.29) is 11.5 Å². The largest absolute Gasteiger partial charge is 0.478 e. The third-order valence-corrected chi connectivity index (χ3v) is 2.32. The molecule has 0 spiro atoms. The van der Waals surface area contributed by atoms with Gasteiger partial charge in [0.15, 0.2) is 0 Å². The molecule has 16 heavy (non-hydrogen) atoms. The first-order chi connectivity index (χ1) is 7.58. The molecule has 0 fully saturated rings. The summed E-state index contributed by atoms with van der Waals surface area (Å²) in [7, 11) is 0. The van der Waals surface area contributed by atoms with Crippen molar-refractivity contribution in [3.8, 4) is 0 Å². The van der Waals surface area contributed by atoms with Gasteiger partial charge in [-0.15, -0.1) is 0 Å². The van der Waals surface area contributed by atoms with E-state index in [1.807, 2.05) is 0 Å². The van der Waals surface area contributed by atoms with Crippen LogP contribution in [0.3, 0.4) is 0 Å². The van der Waals surface area contributed by atoms with Gasteiger partial charge in [-0.25, -0.2) is 4.79 Å². The van der Waals surface area contributed by atoms with Gasteiger partial charge in [0, 0.05) is 17.3 Å². The van der Waals surface area contributed by atoms with Gasteiger partial charge in [-0.2, -0.15) is 0 Å². The van der Waals surface area contributed by atoms with Gasteiger partial charge in [-0.3, -0.25) is 4.79 Å². The second kappa shape index (κ2) is 3.66. The number of hydrogen-bond donors (Lipinski definition) is 2. The lowest BCUT2D eigenvalue weighted by molar-refractivity contribution is -0.115. The minimum Gasteiger partial charge on any atom is -0.478 e. The van der Waals surface area contributed by atoms with Crippen molar-refractivity contribution in [1.82, 2.24) is 5.32 Å². The molecule has 1 aliphatic heterocycles. The van der Waals surface area contributed by atoms with Gasteiger partial charge >= 0.3 is 5.97 Å². The lowest BCUT2D eigenvalue weighted by atomic mass is 10.0. The van der Waals surface area contributed by atoms with Gasteiger partial charge in [-0.05, 0) is 17.7 Å². The molecule has 0 radical (unpaired) electrons. The van der Waals surface area contributed by atoms with E-state index in [4.69, 9.17) is 5.11 Å². The van der Waals surface area contributed by atoms with Crippen LogP contribution in [0.2, 0.25) is 0 Å². The van der Waals surface area contributed by atoms with Crippen LogP contribution in [-0.2, 0) is 4.79 Å². The van der Waals surface area contributed by atoms with Crippen molar-refractivity contribution in [3.05, 3.63) is 53.7 Å². The van der Waals surface area contributed by atoms with Crippen LogP contribution >= 0.6 is 0 Å². The Morgan fingerprint density at radius 3 is 2.31 bits per heavy atom. The van der Waals surface area contributed by atoms with Crippen molar-refractivity contribution in [2.45, 2.75) is 0 Å². The third-order valence-electron chi connectivity index (χ3n) is 2.32. The molecular formula is C12H9NO3. The number of nitrogens with one attached hydrogen (secondary N) is 1. The molecule has 0 bridgehead atoms. The highest BCUT2D eigenvalue weighted by Crippen LogP contribution is 2.24. The second-order valence-corrected chi connectivity index (χ2v) is 3.41. The maximum Gasteiger partial charge on any atom is 0.335 e. The molecule has 2 rings (SSSR count). The summed E-state index contributed by atoms with van der Waals surface area (Å²) < 4.78 is 0. The predicted molar refractivity (Wildman–Crippen MR) is 58.7 cm³/mol. The third kappa shape index (κ3) is 1.72. The molecule has 0 atom stereocenters. The van der Waals surface area contributed by atoms with Gasteiger partial charge in [0.05, 0.1) is 5.56 Å². The maximum atomic E-state index is 11.1. The van der Waals surface area contributed by atoms with E-state index in [2.05, 4.69) is 11.9 Å². The molecular weight excluding hydrogens is 206 g/mol. The predicted octanol–water partition coefficient (Wildman–Crippen LogP) is 1.41. The molecule has 0 unspecified atom stereocenters. The topological polar surface area (TPSA) is 66.4 Å². The zero-order valence-corrected chi connectivity index (χ0v) is 8.36. The zero-order chi connectivity index (χ0) is 11.7. The first-order valence-corrected chi connectivity index (χ1v) is 4.63. The lowest BCUT2D eigenvalue weighted by Crippen LogP contribution is -2.12. The minimum atomic E-state index is -0.972. The second-order valence-electron chi connectivity index (χ2n) is 3.41. The van der Waals surface area contributed by atoms with Crippen LogP contribution in [0.4, 0.5) is 0 Å². The van der Waals surface area contributed by atoms with Gasteiger partial charge in [0.25, 0.3) is 0 Å². The van der Waals surface area contributed by atoms with Crippen molar-refractivity contribution in [1.29, 1.82) is 0 Å². The zero-order valence-electron chi connectivity index (χ0n) is 8.36. The molecule has 1 aromatic rings. The van der Waals surface area contributed by atoms with E-state index in [1.165, 1.54) is 18.2 Å². The molecule has 80 valence electrons. The van der Waals surface area contributed by atoms with E-state index in [0.29, 0.717) is 11.3 Å². The fourth-order valence-corrected chi connectivity index (χ4v) is 1.52. The van der Waals surface area contributed by atoms with Crippen LogP contribution in [0, 0.1) is 0 Å².